The average Bonchev–Trinajstić information content (AvgIpc) is 3.53. The number of carbonyl (C=O) groups excluding carboxylic acids is 2. The molecular weight excluding hydrogens is 552 g/mol. The smallest absolute Gasteiger partial charge is 0.389 e. The van der Waals surface area contributed by atoms with E-state index in [0.717, 1.165) is 12.6 Å². The molecule has 2 amide bonds. The minimum absolute atomic E-state index is 0.00519. The van der Waals surface area contributed by atoms with Crippen LogP contribution in [-0.4, -0.2) is 69.2 Å². The maximum Gasteiger partial charge on any atom is 0.417 e. The van der Waals surface area contributed by atoms with E-state index in [2.05, 4.69) is 15.3 Å². The number of rotatable bonds is 7. The Morgan fingerprint density at radius 3 is 2.18 bits per heavy atom. The fourth-order valence-corrected chi connectivity index (χ4v) is 5.41. The second kappa shape index (κ2) is 11.7. The van der Waals surface area contributed by atoms with Gasteiger partial charge in [-0.3, -0.25) is 9.59 Å². The molecule has 0 saturated carbocycles. The summed E-state index contributed by atoms with van der Waals surface area (Å²) in [4.78, 5) is 32.2. The Bertz CT molecular complexity index is 1160. The lowest BCUT2D eigenvalue weighted by atomic mass is 10.0. The molecule has 2 aliphatic rings. The predicted octanol–water partition coefficient (Wildman–Crippen LogP) is 4.78. The molecular formula is C24H29F6N5O3S. The van der Waals surface area contributed by atoms with Crippen molar-refractivity contribution in [3.05, 3.63) is 28.5 Å². The molecule has 2 aromatic heterocycles. The first-order valence-corrected chi connectivity index (χ1v) is 12.9. The van der Waals surface area contributed by atoms with Crippen molar-refractivity contribution in [2.24, 2.45) is 0 Å². The van der Waals surface area contributed by atoms with Crippen LogP contribution >= 0.6 is 11.3 Å². The Hall–Kier alpha value is -2.94. The molecule has 8 nitrogen and oxygen atoms in total. The highest BCUT2D eigenvalue weighted by Gasteiger charge is 2.38. The van der Waals surface area contributed by atoms with E-state index in [0.29, 0.717) is 29.5 Å². The summed E-state index contributed by atoms with van der Waals surface area (Å²) in [5, 5.41) is 13.8. The number of aliphatic hydroxyl groups is 1. The van der Waals surface area contributed by atoms with Gasteiger partial charge in [0.2, 0.25) is 6.41 Å². The van der Waals surface area contributed by atoms with E-state index < -0.39 is 47.4 Å². The van der Waals surface area contributed by atoms with Crippen LogP contribution < -0.4 is 10.6 Å². The number of thiazole rings is 1. The number of aryl methyl sites for hydroxylation is 1. The van der Waals surface area contributed by atoms with Crippen LogP contribution in [0.5, 0.6) is 0 Å². The largest absolute Gasteiger partial charge is 0.417 e. The van der Waals surface area contributed by atoms with Gasteiger partial charge in [0.15, 0.2) is 5.01 Å². The van der Waals surface area contributed by atoms with Gasteiger partial charge in [-0.25, -0.2) is 9.97 Å². The van der Waals surface area contributed by atoms with Crippen LogP contribution in [0.15, 0.2) is 12.3 Å². The van der Waals surface area contributed by atoms with Gasteiger partial charge in [0.05, 0.1) is 21.7 Å². The molecule has 15 heteroatoms. The van der Waals surface area contributed by atoms with E-state index in [1.807, 2.05) is 10.2 Å². The number of anilines is 1. The minimum atomic E-state index is -4.88. The fraction of sp³-hybridized carbons (Fsp3) is 0.583. The van der Waals surface area contributed by atoms with Gasteiger partial charge < -0.3 is 20.6 Å². The predicted molar refractivity (Wildman–Crippen MR) is 132 cm³/mol. The maximum absolute atomic E-state index is 13.5. The van der Waals surface area contributed by atoms with Crippen molar-refractivity contribution >= 4 is 29.5 Å². The molecule has 0 unspecified atom stereocenters. The highest BCUT2D eigenvalue weighted by atomic mass is 32.1. The number of nitrogens with one attached hydrogen (secondary N) is 2. The molecule has 39 heavy (non-hydrogen) atoms. The molecule has 0 spiro atoms. The number of hydrogen-bond acceptors (Lipinski definition) is 7. The summed E-state index contributed by atoms with van der Waals surface area (Å²) < 4.78 is 77.6. The van der Waals surface area contributed by atoms with E-state index >= 15 is 0 Å². The van der Waals surface area contributed by atoms with Crippen LogP contribution in [0.25, 0.3) is 10.4 Å². The van der Waals surface area contributed by atoms with Gasteiger partial charge in [-0.1, -0.05) is 0 Å². The summed E-state index contributed by atoms with van der Waals surface area (Å²) >= 11 is 0.680. The van der Waals surface area contributed by atoms with E-state index in [1.54, 1.807) is 0 Å². The SMILES string of the molecule is Cc1nc(C(=O)NCC(C)(C)O)sc1-c1cnc(NCC(F)(F)F)cc1C(F)(F)F.O=CN1C2CCC1CC2. The number of halogens is 6. The lowest BCUT2D eigenvalue weighted by molar-refractivity contribution is -0.137. The summed E-state index contributed by atoms with van der Waals surface area (Å²) in [6.07, 6.45) is -2.68. The third kappa shape index (κ3) is 8.27. The second-order valence-electron chi connectivity index (χ2n) is 10.0. The molecule has 2 aromatic rings. The topological polar surface area (TPSA) is 107 Å². The Morgan fingerprint density at radius 1 is 1.13 bits per heavy atom. The zero-order valence-electron chi connectivity index (χ0n) is 21.4. The number of hydrogen-bond donors (Lipinski definition) is 3. The highest BCUT2D eigenvalue weighted by Crippen LogP contribution is 2.41. The van der Waals surface area contributed by atoms with Crippen LogP contribution in [0.4, 0.5) is 32.2 Å². The van der Waals surface area contributed by atoms with Crippen molar-refractivity contribution < 1.29 is 41.0 Å². The molecule has 0 aliphatic carbocycles. The van der Waals surface area contributed by atoms with Crippen LogP contribution in [0, 0.1) is 6.92 Å². The van der Waals surface area contributed by atoms with E-state index in [-0.39, 0.29) is 22.1 Å². The minimum Gasteiger partial charge on any atom is -0.389 e. The van der Waals surface area contributed by atoms with Crippen molar-refractivity contribution in [2.75, 3.05) is 18.4 Å². The standard InChI is InChI=1S/C17H18F6N4O2S.C7H11NO/c1-8-12(30-14(27-8)13(28)26-6-15(2,3)29)9-5-24-11(25-7-16(18,19)20)4-10(9)17(21,22)23;9-5-8-6-1-2-7(8)4-3-6/h4-5,29H,6-7H2,1-3H3,(H,24,25)(H,26,28);5-7H,1-4H2. The second-order valence-corrected chi connectivity index (χ2v) is 11.0. The first kappa shape index (κ1) is 30.6. The molecule has 2 bridgehead atoms. The number of amides is 2. The number of aromatic nitrogens is 2. The van der Waals surface area contributed by atoms with Crippen LogP contribution in [0.3, 0.4) is 0 Å². The number of carbonyl (C=O) groups is 2. The monoisotopic (exact) mass is 581 g/mol. The highest BCUT2D eigenvalue weighted by molar-refractivity contribution is 7.17. The molecule has 0 radical (unpaired) electrons. The van der Waals surface area contributed by atoms with Gasteiger partial charge in [0, 0.05) is 30.4 Å². The molecule has 3 N–H and O–H groups in total. The molecule has 4 rings (SSSR count). The lowest BCUT2D eigenvalue weighted by Crippen LogP contribution is -2.38. The van der Waals surface area contributed by atoms with Crippen molar-refractivity contribution in [2.45, 2.75) is 76.5 Å². The maximum atomic E-state index is 13.5. The average molecular weight is 582 g/mol. The van der Waals surface area contributed by atoms with Gasteiger partial charge >= 0.3 is 12.4 Å². The Morgan fingerprint density at radius 2 is 1.72 bits per heavy atom. The van der Waals surface area contributed by atoms with Crippen LogP contribution in [0.1, 0.15) is 60.6 Å². The molecule has 0 aromatic carbocycles. The molecule has 2 aliphatic heterocycles. The van der Waals surface area contributed by atoms with Gasteiger partial charge in [-0.05, 0) is 52.5 Å². The molecule has 2 fully saturated rings. The summed E-state index contributed by atoms with van der Waals surface area (Å²) in [6.45, 7) is 2.67. The van der Waals surface area contributed by atoms with Gasteiger partial charge in [-0.15, -0.1) is 11.3 Å². The number of nitrogens with zero attached hydrogens (tertiary/aromatic N) is 3. The van der Waals surface area contributed by atoms with Crippen LogP contribution in [-0.2, 0) is 11.0 Å². The number of alkyl halides is 6. The van der Waals surface area contributed by atoms with Crippen LogP contribution in [0.2, 0.25) is 0 Å². The van der Waals surface area contributed by atoms with Gasteiger partial charge in [0.1, 0.15) is 12.4 Å². The molecule has 4 heterocycles. The Balaban J connectivity index is 0.000000387. The first-order valence-electron chi connectivity index (χ1n) is 12.1. The summed E-state index contributed by atoms with van der Waals surface area (Å²) in [7, 11) is 0. The van der Waals surface area contributed by atoms with Crippen molar-refractivity contribution in [3.63, 3.8) is 0 Å². The third-order valence-electron chi connectivity index (χ3n) is 6.23. The Labute approximate surface area is 224 Å². The summed E-state index contributed by atoms with van der Waals surface area (Å²) in [6, 6.07) is 1.72. The zero-order valence-corrected chi connectivity index (χ0v) is 22.2. The van der Waals surface area contributed by atoms with Crippen molar-refractivity contribution in [1.29, 1.82) is 0 Å². The first-order chi connectivity index (χ1) is 18.0. The molecule has 0 atom stereocenters. The van der Waals surface area contributed by atoms with E-state index in [9.17, 15) is 41.0 Å². The molecule has 2 saturated heterocycles. The normalized spacial score (nSPS) is 19.0. The summed E-state index contributed by atoms with van der Waals surface area (Å²) in [5.41, 5.74) is -2.69. The zero-order chi connectivity index (χ0) is 29.2. The molecule has 216 valence electrons. The van der Waals surface area contributed by atoms with Gasteiger partial charge in [0.25, 0.3) is 5.91 Å². The number of pyridine rings is 1. The van der Waals surface area contributed by atoms with Crippen molar-refractivity contribution in [3.8, 4) is 10.4 Å². The quantitative estimate of drug-likeness (QED) is 0.321. The van der Waals surface area contributed by atoms with E-state index in [1.165, 1.54) is 46.5 Å². The Kier molecular flexibility index (Phi) is 9.15. The third-order valence-corrected chi connectivity index (χ3v) is 7.42. The number of fused-ring (bicyclic) bond motifs is 2. The lowest BCUT2D eigenvalue weighted by Gasteiger charge is -2.16. The fourth-order valence-electron chi connectivity index (χ4n) is 4.40. The summed E-state index contributed by atoms with van der Waals surface area (Å²) in [5.74, 6) is -1.27. The van der Waals surface area contributed by atoms with Gasteiger partial charge in [-0.2, -0.15) is 26.3 Å². The van der Waals surface area contributed by atoms with E-state index in [4.69, 9.17) is 0 Å². The van der Waals surface area contributed by atoms with Crippen molar-refractivity contribution in [1.82, 2.24) is 20.2 Å².